The van der Waals surface area contributed by atoms with Crippen LogP contribution in [0.3, 0.4) is 0 Å². The molecule has 0 fully saturated rings. The molecule has 7 heteroatoms. The van der Waals surface area contributed by atoms with Gasteiger partial charge in [-0.1, -0.05) is 18.5 Å². The third-order valence-electron chi connectivity index (χ3n) is 3.52. The number of nitrogens with zero attached hydrogens (tertiary/aromatic N) is 1. The van der Waals surface area contributed by atoms with E-state index >= 15 is 0 Å². The van der Waals surface area contributed by atoms with Crippen LogP contribution < -0.4 is 14.8 Å². The Bertz CT molecular complexity index is 897. The van der Waals surface area contributed by atoms with E-state index in [1.54, 1.807) is 24.3 Å². The number of ether oxygens (including phenoxy) is 2. The third kappa shape index (κ3) is 5.49. The molecular weight excluding hydrogens is 384 g/mol. The summed E-state index contributed by atoms with van der Waals surface area (Å²) in [5.41, 5.74) is 1.17. The number of anilines is 1. The third-order valence-corrected chi connectivity index (χ3v) is 5.00. The van der Waals surface area contributed by atoms with Crippen molar-refractivity contribution in [2.24, 2.45) is 0 Å². The quantitative estimate of drug-likeness (QED) is 0.637. The van der Waals surface area contributed by atoms with Gasteiger partial charge in [0.05, 0.1) is 23.8 Å². The van der Waals surface area contributed by atoms with Gasteiger partial charge in [-0.15, -0.1) is 11.3 Å². The second-order valence-corrected chi connectivity index (χ2v) is 7.49. The highest BCUT2D eigenvalue weighted by molar-refractivity contribution is 7.16. The van der Waals surface area contributed by atoms with E-state index in [0.29, 0.717) is 32.6 Å². The number of halogens is 1. The smallest absolute Gasteiger partial charge is 0.249 e. The summed E-state index contributed by atoms with van der Waals surface area (Å²) < 4.78 is 11.0. The van der Waals surface area contributed by atoms with Crippen molar-refractivity contribution in [3.63, 3.8) is 0 Å². The zero-order valence-electron chi connectivity index (χ0n) is 15.6. The zero-order chi connectivity index (χ0) is 20.0. The molecule has 0 saturated heterocycles. The molecule has 1 amide bonds. The van der Waals surface area contributed by atoms with Crippen molar-refractivity contribution in [2.75, 3.05) is 12.4 Å². The van der Waals surface area contributed by atoms with Gasteiger partial charge in [0.15, 0.2) is 11.5 Å². The zero-order valence-corrected chi connectivity index (χ0v) is 17.2. The molecular formula is C20H21ClN2O3S. The molecule has 142 valence electrons. The Morgan fingerprint density at radius 1 is 1.41 bits per heavy atom. The molecule has 0 aliphatic heterocycles. The molecule has 0 saturated carbocycles. The van der Waals surface area contributed by atoms with Crippen LogP contribution in [-0.2, 0) is 11.2 Å². The van der Waals surface area contributed by atoms with Gasteiger partial charge in [0.25, 0.3) is 0 Å². The van der Waals surface area contributed by atoms with E-state index in [1.165, 1.54) is 24.5 Å². The van der Waals surface area contributed by atoms with Gasteiger partial charge in [-0.25, -0.2) is 0 Å². The summed E-state index contributed by atoms with van der Waals surface area (Å²) in [7, 11) is 1.53. The lowest BCUT2D eigenvalue weighted by Crippen LogP contribution is -2.08. The summed E-state index contributed by atoms with van der Waals surface area (Å²) in [6, 6.07) is 7.34. The minimum Gasteiger partial charge on any atom is -0.493 e. The van der Waals surface area contributed by atoms with Gasteiger partial charge in [-0.3, -0.25) is 4.79 Å². The van der Waals surface area contributed by atoms with Gasteiger partial charge in [0.1, 0.15) is 11.1 Å². The Hall–Kier alpha value is -2.49. The molecule has 2 rings (SSSR count). The molecule has 0 aliphatic carbocycles. The Morgan fingerprint density at radius 2 is 2.15 bits per heavy atom. The minimum atomic E-state index is -0.325. The van der Waals surface area contributed by atoms with Gasteiger partial charge < -0.3 is 14.8 Å². The number of rotatable bonds is 7. The van der Waals surface area contributed by atoms with E-state index in [1.807, 2.05) is 20.8 Å². The molecule has 1 aromatic heterocycles. The van der Waals surface area contributed by atoms with Gasteiger partial charge in [0, 0.05) is 11.0 Å². The fourth-order valence-electron chi connectivity index (χ4n) is 2.30. The summed E-state index contributed by atoms with van der Waals surface area (Å²) in [5, 5.41) is 12.9. The Kier molecular flexibility index (Phi) is 7.28. The number of nitrogens with one attached hydrogen (secondary N) is 1. The van der Waals surface area contributed by atoms with Crippen LogP contribution in [0.2, 0.25) is 5.02 Å². The van der Waals surface area contributed by atoms with Crippen LogP contribution >= 0.6 is 22.9 Å². The Morgan fingerprint density at radius 3 is 2.74 bits per heavy atom. The molecule has 2 aromatic rings. The van der Waals surface area contributed by atoms with Crippen LogP contribution in [-0.4, -0.2) is 19.1 Å². The van der Waals surface area contributed by atoms with Crippen molar-refractivity contribution >= 4 is 39.9 Å². The lowest BCUT2D eigenvalue weighted by atomic mass is 10.2. The maximum absolute atomic E-state index is 12.2. The molecule has 0 atom stereocenters. The molecule has 0 spiro atoms. The maximum Gasteiger partial charge on any atom is 0.249 e. The molecule has 27 heavy (non-hydrogen) atoms. The number of aryl methyl sites for hydroxylation is 1. The van der Waals surface area contributed by atoms with Crippen LogP contribution in [0.4, 0.5) is 5.00 Å². The summed E-state index contributed by atoms with van der Waals surface area (Å²) in [6.07, 6.45) is 3.79. The van der Waals surface area contributed by atoms with Crippen molar-refractivity contribution in [3.05, 3.63) is 45.3 Å². The van der Waals surface area contributed by atoms with Crippen LogP contribution in [0, 0.1) is 11.3 Å². The van der Waals surface area contributed by atoms with Crippen LogP contribution in [0.1, 0.15) is 36.8 Å². The minimum absolute atomic E-state index is 0.0447. The van der Waals surface area contributed by atoms with Crippen molar-refractivity contribution in [3.8, 4) is 17.6 Å². The topological polar surface area (TPSA) is 71.4 Å². The maximum atomic E-state index is 12.2. The normalized spacial score (nSPS) is 10.9. The van der Waals surface area contributed by atoms with Gasteiger partial charge in [0.2, 0.25) is 5.91 Å². The lowest BCUT2D eigenvalue weighted by Gasteiger charge is -2.15. The summed E-state index contributed by atoms with van der Waals surface area (Å²) >= 11 is 7.69. The van der Waals surface area contributed by atoms with Crippen molar-refractivity contribution in [1.82, 2.24) is 0 Å². The lowest BCUT2D eigenvalue weighted by molar-refractivity contribution is -0.111. The first-order valence-corrected chi connectivity index (χ1v) is 9.63. The van der Waals surface area contributed by atoms with Crippen LogP contribution in [0.15, 0.2) is 24.3 Å². The fourth-order valence-corrected chi connectivity index (χ4v) is 3.52. The van der Waals surface area contributed by atoms with Crippen LogP contribution in [0.5, 0.6) is 11.5 Å². The number of benzene rings is 1. The van der Waals surface area contributed by atoms with Gasteiger partial charge in [-0.05, 0) is 50.1 Å². The van der Waals surface area contributed by atoms with E-state index in [9.17, 15) is 10.1 Å². The highest BCUT2D eigenvalue weighted by atomic mass is 35.5. The predicted octanol–water partition coefficient (Wildman–Crippen LogP) is 5.28. The van der Waals surface area contributed by atoms with E-state index in [4.69, 9.17) is 21.1 Å². The van der Waals surface area contributed by atoms with E-state index < -0.39 is 0 Å². The number of carbonyl (C=O) groups is 1. The first kappa shape index (κ1) is 20.8. The van der Waals surface area contributed by atoms with Gasteiger partial charge in [-0.2, -0.15) is 5.26 Å². The average Bonchev–Trinajstić information content (AvgIpc) is 3.03. The number of thiophene rings is 1. The van der Waals surface area contributed by atoms with E-state index in [-0.39, 0.29) is 12.0 Å². The number of hydrogen-bond acceptors (Lipinski definition) is 5. The summed E-state index contributed by atoms with van der Waals surface area (Å²) in [6.45, 7) is 5.80. The second kappa shape index (κ2) is 9.45. The number of methoxy groups -OCH3 is 1. The molecule has 1 N–H and O–H groups in total. The molecule has 0 unspecified atom stereocenters. The van der Waals surface area contributed by atoms with E-state index in [0.717, 1.165) is 11.3 Å². The van der Waals surface area contributed by atoms with Gasteiger partial charge >= 0.3 is 0 Å². The highest BCUT2D eigenvalue weighted by Crippen LogP contribution is 2.37. The van der Waals surface area contributed by atoms with Crippen molar-refractivity contribution in [1.29, 1.82) is 5.26 Å². The van der Waals surface area contributed by atoms with Crippen molar-refractivity contribution in [2.45, 2.75) is 33.3 Å². The Labute approximate surface area is 168 Å². The number of hydrogen-bond donors (Lipinski definition) is 1. The average molecular weight is 405 g/mol. The monoisotopic (exact) mass is 404 g/mol. The summed E-state index contributed by atoms with van der Waals surface area (Å²) in [5.74, 6) is 0.641. The molecule has 1 heterocycles. The molecule has 0 aliphatic rings. The number of carbonyl (C=O) groups excluding carboxylic acids is 1. The Balaban J connectivity index is 2.18. The highest BCUT2D eigenvalue weighted by Gasteiger charge is 2.13. The van der Waals surface area contributed by atoms with E-state index in [2.05, 4.69) is 11.4 Å². The standard InChI is InChI=1S/C20H21ClN2O3S/c1-5-15-10-14(11-22)20(27-15)23-18(24)7-6-13-8-16(21)19(26-12(2)3)17(9-13)25-4/h6-10,12H,5H2,1-4H3,(H,23,24)/b7-6+. The molecule has 5 nitrogen and oxygen atoms in total. The molecule has 1 aromatic carbocycles. The largest absolute Gasteiger partial charge is 0.493 e. The molecule has 0 radical (unpaired) electrons. The number of nitriles is 1. The molecule has 0 bridgehead atoms. The first-order valence-electron chi connectivity index (χ1n) is 8.44. The first-order chi connectivity index (χ1) is 12.9. The SMILES string of the molecule is CCc1cc(C#N)c(NC(=O)/C=C/c2cc(Cl)c(OC(C)C)c(OC)c2)s1. The summed E-state index contributed by atoms with van der Waals surface area (Å²) in [4.78, 5) is 13.3. The fraction of sp³-hybridized carbons (Fsp3) is 0.300. The predicted molar refractivity (Wildman–Crippen MR) is 110 cm³/mol. The second-order valence-electron chi connectivity index (χ2n) is 5.94. The van der Waals surface area contributed by atoms with Crippen molar-refractivity contribution < 1.29 is 14.3 Å². The number of amides is 1. The van der Waals surface area contributed by atoms with Crippen LogP contribution in [0.25, 0.3) is 6.08 Å².